The Kier molecular flexibility index (Phi) is 4.66. The number of pyridine rings is 2. The van der Waals surface area contributed by atoms with E-state index in [1.165, 1.54) is 0 Å². The Bertz CT molecular complexity index is 943. The molecule has 0 radical (unpaired) electrons. The number of rotatable bonds is 3. The van der Waals surface area contributed by atoms with Crippen molar-refractivity contribution in [1.29, 1.82) is 0 Å². The minimum Gasteiger partial charge on any atom is -0.450 e. The van der Waals surface area contributed by atoms with Crippen LogP contribution in [0.3, 0.4) is 0 Å². The molecule has 0 saturated carbocycles. The molecule has 1 amide bonds. The number of carbonyl (C=O) groups excluding carboxylic acids is 1. The molecular weight excluding hydrogens is 342 g/mol. The molecule has 0 spiro atoms. The number of hydrogen-bond acceptors (Lipinski definition) is 5. The lowest BCUT2D eigenvalue weighted by atomic mass is 10.2. The summed E-state index contributed by atoms with van der Waals surface area (Å²) in [6.07, 6.45) is 3.45. The Labute approximate surface area is 158 Å². The van der Waals surface area contributed by atoms with Crippen LogP contribution in [0.1, 0.15) is 12.5 Å². The molecule has 3 aromatic heterocycles. The van der Waals surface area contributed by atoms with E-state index in [4.69, 9.17) is 4.74 Å². The van der Waals surface area contributed by atoms with Gasteiger partial charge in [-0.25, -0.2) is 9.78 Å². The number of carbonyl (C=O) groups is 1. The van der Waals surface area contributed by atoms with Crippen LogP contribution >= 0.6 is 0 Å². The highest BCUT2D eigenvalue weighted by atomic mass is 16.6. The second kappa shape index (κ2) is 7.26. The summed E-state index contributed by atoms with van der Waals surface area (Å²) in [6.45, 7) is 7.09. The van der Waals surface area contributed by atoms with E-state index in [9.17, 15) is 4.79 Å². The number of fused-ring (bicyclic) bond motifs is 1. The zero-order chi connectivity index (χ0) is 18.8. The third-order valence-corrected chi connectivity index (χ3v) is 4.84. The highest BCUT2D eigenvalue weighted by molar-refractivity contribution is 5.93. The number of anilines is 1. The lowest BCUT2D eigenvalue weighted by Gasteiger charge is -2.35. The van der Waals surface area contributed by atoms with Crippen molar-refractivity contribution in [2.45, 2.75) is 13.8 Å². The van der Waals surface area contributed by atoms with Gasteiger partial charge in [-0.3, -0.25) is 4.98 Å². The van der Waals surface area contributed by atoms with Crippen LogP contribution in [0.25, 0.3) is 22.4 Å². The Hall–Kier alpha value is -3.09. The second-order valence-corrected chi connectivity index (χ2v) is 6.67. The van der Waals surface area contributed by atoms with Gasteiger partial charge in [-0.2, -0.15) is 0 Å². The lowest BCUT2D eigenvalue weighted by molar-refractivity contribution is 0.105. The van der Waals surface area contributed by atoms with Gasteiger partial charge in [0.25, 0.3) is 0 Å². The van der Waals surface area contributed by atoms with E-state index >= 15 is 0 Å². The first kappa shape index (κ1) is 17.3. The average Bonchev–Trinajstić information content (AvgIpc) is 3.13. The number of nitrogens with one attached hydrogen (secondary N) is 1. The summed E-state index contributed by atoms with van der Waals surface area (Å²) in [7, 11) is 0. The van der Waals surface area contributed by atoms with E-state index in [2.05, 4.69) is 32.0 Å². The van der Waals surface area contributed by atoms with Crippen LogP contribution in [0.5, 0.6) is 0 Å². The fourth-order valence-corrected chi connectivity index (χ4v) is 3.40. The second-order valence-electron chi connectivity index (χ2n) is 6.67. The molecule has 1 fully saturated rings. The van der Waals surface area contributed by atoms with Crippen LogP contribution in [-0.2, 0) is 4.74 Å². The molecule has 7 nitrogen and oxygen atoms in total. The van der Waals surface area contributed by atoms with Crippen molar-refractivity contribution in [2.75, 3.05) is 37.7 Å². The van der Waals surface area contributed by atoms with Gasteiger partial charge in [-0.1, -0.05) is 6.07 Å². The maximum absolute atomic E-state index is 11.9. The molecule has 0 aliphatic carbocycles. The van der Waals surface area contributed by atoms with Gasteiger partial charge in [0.2, 0.25) is 0 Å². The zero-order valence-electron chi connectivity index (χ0n) is 15.6. The number of hydrogen-bond donors (Lipinski definition) is 1. The third-order valence-electron chi connectivity index (χ3n) is 4.84. The van der Waals surface area contributed by atoms with Crippen molar-refractivity contribution >= 4 is 22.8 Å². The summed E-state index contributed by atoms with van der Waals surface area (Å²) < 4.78 is 5.10. The Morgan fingerprint density at radius 2 is 2.00 bits per heavy atom. The predicted molar refractivity (Wildman–Crippen MR) is 105 cm³/mol. The molecule has 1 N–H and O–H groups in total. The average molecular weight is 365 g/mol. The van der Waals surface area contributed by atoms with Gasteiger partial charge in [-0.05, 0) is 37.6 Å². The molecule has 0 bridgehead atoms. The summed E-state index contributed by atoms with van der Waals surface area (Å²) >= 11 is 0. The van der Waals surface area contributed by atoms with E-state index in [0.717, 1.165) is 46.8 Å². The Morgan fingerprint density at radius 3 is 2.70 bits per heavy atom. The number of piperazine rings is 1. The summed E-state index contributed by atoms with van der Waals surface area (Å²) in [5, 5.41) is 1.07. The standard InChI is InChI=1S/C20H23N5O2/c1-3-27-20(26)25-10-8-24(9-11-25)18-6-7-21-19-15(18)12-17(23-19)16-5-4-14(2)13-22-16/h4-7,12-13H,3,8-11H2,1-2H3,(H,21,23). The first-order chi connectivity index (χ1) is 13.2. The summed E-state index contributed by atoms with van der Waals surface area (Å²) in [5.74, 6) is 0. The highest BCUT2D eigenvalue weighted by Crippen LogP contribution is 2.30. The van der Waals surface area contributed by atoms with Gasteiger partial charge in [0.15, 0.2) is 0 Å². The number of ether oxygens (including phenoxy) is 1. The number of aromatic amines is 1. The van der Waals surface area contributed by atoms with Crippen molar-refractivity contribution in [2.24, 2.45) is 0 Å². The van der Waals surface area contributed by atoms with Gasteiger partial charge in [0.1, 0.15) is 5.65 Å². The van der Waals surface area contributed by atoms with E-state index < -0.39 is 0 Å². The van der Waals surface area contributed by atoms with Crippen molar-refractivity contribution < 1.29 is 9.53 Å². The molecule has 1 aliphatic rings. The SMILES string of the molecule is CCOC(=O)N1CCN(c2ccnc3[nH]c(-c4ccc(C)cn4)cc23)CC1. The van der Waals surface area contributed by atoms with Gasteiger partial charge in [0, 0.05) is 49.6 Å². The number of amides is 1. The van der Waals surface area contributed by atoms with Gasteiger partial charge in [-0.15, -0.1) is 0 Å². The molecule has 1 aliphatic heterocycles. The first-order valence-electron chi connectivity index (χ1n) is 9.23. The third kappa shape index (κ3) is 3.45. The van der Waals surface area contributed by atoms with E-state index in [1.54, 1.807) is 4.90 Å². The van der Waals surface area contributed by atoms with Crippen molar-refractivity contribution in [1.82, 2.24) is 19.9 Å². The smallest absolute Gasteiger partial charge is 0.409 e. The van der Waals surface area contributed by atoms with Crippen LogP contribution in [0.4, 0.5) is 10.5 Å². The first-order valence-corrected chi connectivity index (χ1v) is 9.23. The summed E-state index contributed by atoms with van der Waals surface area (Å²) in [5.41, 5.74) is 4.95. The minimum absolute atomic E-state index is 0.230. The van der Waals surface area contributed by atoms with Crippen LogP contribution < -0.4 is 4.90 Å². The molecule has 4 heterocycles. The number of H-pyrrole nitrogens is 1. The van der Waals surface area contributed by atoms with Crippen LogP contribution in [0.15, 0.2) is 36.7 Å². The fraction of sp³-hybridized carbons (Fsp3) is 0.350. The van der Waals surface area contributed by atoms with Crippen molar-refractivity contribution in [3.8, 4) is 11.4 Å². The van der Waals surface area contributed by atoms with Gasteiger partial charge < -0.3 is 19.5 Å². The van der Waals surface area contributed by atoms with Crippen molar-refractivity contribution in [3.63, 3.8) is 0 Å². The Balaban J connectivity index is 1.58. The molecule has 7 heteroatoms. The number of aromatic nitrogens is 3. The van der Waals surface area contributed by atoms with Crippen LogP contribution in [0.2, 0.25) is 0 Å². The number of aryl methyl sites for hydroxylation is 1. The zero-order valence-corrected chi connectivity index (χ0v) is 15.6. The van der Waals surface area contributed by atoms with Gasteiger partial charge >= 0.3 is 6.09 Å². The maximum Gasteiger partial charge on any atom is 0.409 e. The normalized spacial score (nSPS) is 14.6. The van der Waals surface area contributed by atoms with Gasteiger partial charge in [0.05, 0.1) is 18.0 Å². The number of nitrogens with zero attached hydrogens (tertiary/aromatic N) is 4. The molecule has 3 aromatic rings. The van der Waals surface area contributed by atoms with Crippen LogP contribution in [0, 0.1) is 6.92 Å². The molecule has 0 atom stereocenters. The quantitative estimate of drug-likeness (QED) is 0.771. The molecule has 0 aromatic carbocycles. The lowest BCUT2D eigenvalue weighted by Crippen LogP contribution is -2.49. The predicted octanol–water partition coefficient (Wildman–Crippen LogP) is 3.21. The van der Waals surface area contributed by atoms with E-state index in [1.807, 2.05) is 38.4 Å². The molecule has 1 saturated heterocycles. The minimum atomic E-state index is -0.230. The summed E-state index contributed by atoms with van der Waals surface area (Å²) in [6, 6.07) is 8.20. The maximum atomic E-state index is 11.9. The van der Waals surface area contributed by atoms with Crippen LogP contribution in [-0.4, -0.2) is 58.7 Å². The summed E-state index contributed by atoms with van der Waals surface area (Å²) in [4.78, 5) is 28.3. The molecule has 0 unspecified atom stereocenters. The highest BCUT2D eigenvalue weighted by Gasteiger charge is 2.23. The molecule has 4 rings (SSSR count). The molecule has 27 heavy (non-hydrogen) atoms. The largest absolute Gasteiger partial charge is 0.450 e. The Morgan fingerprint density at radius 1 is 1.19 bits per heavy atom. The van der Waals surface area contributed by atoms with E-state index in [-0.39, 0.29) is 6.09 Å². The van der Waals surface area contributed by atoms with Crippen molar-refractivity contribution in [3.05, 3.63) is 42.2 Å². The molecule has 140 valence electrons. The molecular formula is C20H23N5O2. The fourth-order valence-electron chi connectivity index (χ4n) is 3.40. The topological polar surface area (TPSA) is 74.3 Å². The van der Waals surface area contributed by atoms with E-state index in [0.29, 0.717) is 19.7 Å². The monoisotopic (exact) mass is 365 g/mol.